The van der Waals surface area contributed by atoms with Crippen molar-refractivity contribution in [3.8, 4) is 0 Å². The number of benzene rings is 2. The first-order chi connectivity index (χ1) is 11.2. The first-order valence-electron chi connectivity index (χ1n) is 7.21. The van der Waals surface area contributed by atoms with Gasteiger partial charge >= 0.3 is 0 Å². The van der Waals surface area contributed by atoms with Crippen molar-refractivity contribution >= 4 is 33.4 Å². The van der Waals surface area contributed by atoms with Gasteiger partial charge < -0.3 is 10.6 Å². The van der Waals surface area contributed by atoms with Gasteiger partial charge in [0.2, 0.25) is 5.95 Å². The molecular weight excluding hydrogens is 354 g/mol. The van der Waals surface area contributed by atoms with Crippen molar-refractivity contribution in [3.05, 3.63) is 70.3 Å². The van der Waals surface area contributed by atoms with Crippen LogP contribution in [0, 0.1) is 6.92 Å². The van der Waals surface area contributed by atoms with Crippen molar-refractivity contribution in [1.82, 2.24) is 15.2 Å². The fourth-order valence-corrected chi connectivity index (χ4v) is 2.36. The lowest BCUT2D eigenvalue weighted by Crippen LogP contribution is -2.06. The summed E-state index contributed by atoms with van der Waals surface area (Å²) in [5.41, 5.74) is 3.38. The van der Waals surface area contributed by atoms with Crippen LogP contribution in [-0.4, -0.2) is 15.2 Å². The van der Waals surface area contributed by atoms with Crippen LogP contribution >= 0.6 is 15.9 Å². The van der Waals surface area contributed by atoms with Crippen molar-refractivity contribution in [2.24, 2.45) is 0 Å². The molecular formula is C17H16BrN5. The Bertz CT molecular complexity index is 789. The van der Waals surface area contributed by atoms with Crippen LogP contribution in [0.5, 0.6) is 0 Å². The van der Waals surface area contributed by atoms with Crippen molar-refractivity contribution in [1.29, 1.82) is 0 Å². The molecule has 23 heavy (non-hydrogen) atoms. The first kappa shape index (κ1) is 15.4. The third-order valence-electron chi connectivity index (χ3n) is 3.38. The smallest absolute Gasteiger partial charge is 0.249 e. The van der Waals surface area contributed by atoms with E-state index < -0.39 is 0 Å². The zero-order valence-corrected chi connectivity index (χ0v) is 14.2. The van der Waals surface area contributed by atoms with Gasteiger partial charge in [0.15, 0.2) is 5.82 Å². The van der Waals surface area contributed by atoms with E-state index in [9.17, 15) is 0 Å². The Kier molecular flexibility index (Phi) is 4.83. The van der Waals surface area contributed by atoms with Crippen LogP contribution < -0.4 is 10.6 Å². The minimum Gasteiger partial charge on any atom is -0.365 e. The van der Waals surface area contributed by atoms with Crippen molar-refractivity contribution in [2.45, 2.75) is 13.5 Å². The van der Waals surface area contributed by atoms with E-state index in [-0.39, 0.29) is 0 Å². The monoisotopic (exact) mass is 369 g/mol. The SMILES string of the molecule is Cc1ccccc1CNc1cnnc(Nc2ccc(Br)cc2)n1. The molecule has 0 saturated heterocycles. The highest BCUT2D eigenvalue weighted by molar-refractivity contribution is 9.10. The van der Waals surface area contributed by atoms with Gasteiger partial charge in [-0.05, 0) is 42.3 Å². The summed E-state index contributed by atoms with van der Waals surface area (Å²) in [4.78, 5) is 4.43. The van der Waals surface area contributed by atoms with Crippen LogP contribution in [-0.2, 0) is 6.54 Å². The van der Waals surface area contributed by atoms with Gasteiger partial charge in [-0.3, -0.25) is 0 Å². The van der Waals surface area contributed by atoms with Crippen LogP contribution in [0.3, 0.4) is 0 Å². The third kappa shape index (κ3) is 4.26. The summed E-state index contributed by atoms with van der Waals surface area (Å²) in [6, 6.07) is 16.1. The van der Waals surface area contributed by atoms with Gasteiger partial charge in [-0.25, -0.2) is 0 Å². The van der Waals surface area contributed by atoms with Crippen molar-refractivity contribution in [2.75, 3.05) is 10.6 Å². The Morgan fingerprint density at radius 1 is 1.04 bits per heavy atom. The number of aryl methyl sites for hydroxylation is 1. The maximum Gasteiger partial charge on any atom is 0.249 e. The molecule has 2 aromatic carbocycles. The topological polar surface area (TPSA) is 62.7 Å². The molecule has 3 rings (SSSR count). The predicted molar refractivity (Wildman–Crippen MR) is 95.8 cm³/mol. The second-order valence-electron chi connectivity index (χ2n) is 5.08. The van der Waals surface area contributed by atoms with Crippen LogP contribution in [0.1, 0.15) is 11.1 Å². The van der Waals surface area contributed by atoms with Crippen LogP contribution in [0.25, 0.3) is 0 Å². The van der Waals surface area contributed by atoms with Gasteiger partial charge in [0, 0.05) is 16.7 Å². The fourth-order valence-electron chi connectivity index (χ4n) is 2.10. The minimum atomic E-state index is 0.460. The summed E-state index contributed by atoms with van der Waals surface area (Å²) in [6.45, 7) is 2.79. The fraction of sp³-hybridized carbons (Fsp3) is 0.118. The minimum absolute atomic E-state index is 0.460. The second-order valence-corrected chi connectivity index (χ2v) is 5.99. The van der Waals surface area contributed by atoms with E-state index in [2.05, 4.69) is 60.8 Å². The lowest BCUT2D eigenvalue weighted by molar-refractivity contribution is 0.964. The molecule has 0 aliphatic rings. The highest BCUT2D eigenvalue weighted by Gasteiger charge is 2.02. The number of anilines is 3. The Morgan fingerprint density at radius 2 is 1.83 bits per heavy atom. The second kappa shape index (κ2) is 7.19. The zero-order valence-electron chi connectivity index (χ0n) is 12.6. The molecule has 6 heteroatoms. The average Bonchev–Trinajstić information content (AvgIpc) is 2.57. The van der Waals surface area contributed by atoms with E-state index in [1.807, 2.05) is 36.4 Å². The molecule has 1 heterocycles. The maximum atomic E-state index is 4.43. The Balaban J connectivity index is 1.67. The molecule has 0 spiro atoms. The normalized spacial score (nSPS) is 10.3. The number of rotatable bonds is 5. The van der Waals surface area contributed by atoms with E-state index in [0.717, 1.165) is 10.2 Å². The quantitative estimate of drug-likeness (QED) is 0.701. The maximum absolute atomic E-state index is 4.43. The molecule has 1 aromatic heterocycles. The summed E-state index contributed by atoms with van der Waals surface area (Å²) in [7, 11) is 0. The van der Waals surface area contributed by atoms with Gasteiger partial charge in [-0.2, -0.15) is 10.1 Å². The zero-order chi connectivity index (χ0) is 16.1. The molecule has 3 aromatic rings. The number of nitrogens with zero attached hydrogens (tertiary/aromatic N) is 3. The highest BCUT2D eigenvalue weighted by atomic mass is 79.9. The average molecular weight is 370 g/mol. The Morgan fingerprint density at radius 3 is 2.61 bits per heavy atom. The molecule has 0 bridgehead atoms. The number of halogens is 1. The summed E-state index contributed by atoms with van der Waals surface area (Å²) in [5, 5.41) is 14.4. The highest BCUT2D eigenvalue weighted by Crippen LogP contribution is 2.17. The van der Waals surface area contributed by atoms with Gasteiger partial charge in [0.1, 0.15) is 0 Å². The third-order valence-corrected chi connectivity index (χ3v) is 3.91. The summed E-state index contributed by atoms with van der Waals surface area (Å²) in [6.07, 6.45) is 1.62. The van der Waals surface area contributed by atoms with Crippen molar-refractivity contribution in [3.63, 3.8) is 0 Å². The molecule has 0 radical (unpaired) electrons. The summed E-state index contributed by atoms with van der Waals surface area (Å²) < 4.78 is 1.02. The van der Waals surface area contributed by atoms with Gasteiger partial charge in [-0.1, -0.05) is 40.2 Å². The molecule has 2 N–H and O–H groups in total. The van der Waals surface area contributed by atoms with Gasteiger partial charge in [0.05, 0.1) is 6.20 Å². The van der Waals surface area contributed by atoms with E-state index >= 15 is 0 Å². The van der Waals surface area contributed by atoms with E-state index in [1.54, 1.807) is 6.20 Å². The molecule has 0 unspecified atom stereocenters. The number of nitrogens with one attached hydrogen (secondary N) is 2. The van der Waals surface area contributed by atoms with Crippen LogP contribution in [0.4, 0.5) is 17.5 Å². The number of hydrogen-bond acceptors (Lipinski definition) is 5. The van der Waals surface area contributed by atoms with Gasteiger partial charge in [-0.15, -0.1) is 5.10 Å². The van der Waals surface area contributed by atoms with Crippen LogP contribution in [0.15, 0.2) is 59.2 Å². The largest absolute Gasteiger partial charge is 0.365 e. The molecule has 116 valence electrons. The predicted octanol–water partition coefficient (Wildman–Crippen LogP) is 4.30. The molecule has 0 aliphatic heterocycles. The van der Waals surface area contributed by atoms with Crippen molar-refractivity contribution < 1.29 is 0 Å². The lowest BCUT2D eigenvalue weighted by atomic mass is 10.1. The number of aromatic nitrogens is 3. The standard InChI is InChI=1S/C17H16BrN5/c1-12-4-2-3-5-13(12)10-19-16-11-20-23-17(22-16)21-15-8-6-14(18)7-9-15/h2-9,11H,10H2,1H3,(H2,19,21,22,23). The van der Waals surface area contributed by atoms with E-state index in [0.29, 0.717) is 18.3 Å². The molecule has 0 amide bonds. The molecule has 0 fully saturated rings. The summed E-state index contributed by atoms with van der Waals surface area (Å²) in [5.74, 6) is 1.14. The van der Waals surface area contributed by atoms with Crippen LogP contribution in [0.2, 0.25) is 0 Å². The number of hydrogen-bond donors (Lipinski definition) is 2. The van der Waals surface area contributed by atoms with Gasteiger partial charge in [0.25, 0.3) is 0 Å². The molecule has 5 nitrogen and oxygen atoms in total. The Hall–Kier alpha value is -2.47. The lowest BCUT2D eigenvalue weighted by Gasteiger charge is -2.09. The molecule has 0 atom stereocenters. The van der Waals surface area contributed by atoms with E-state index in [1.165, 1.54) is 11.1 Å². The first-order valence-corrected chi connectivity index (χ1v) is 8.01. The van der Waals surface area contributed by atoms with E-state index in [4.69, 9.17) is 0 Å². The molecule has 0 saturated carbocycles. The summed E-state index contributed by atoms with van der Waals surface area (Å²) >= 11 is 3.41. The molecule has 0 aliphatic carbocycles. The Labute approximate surface area is 143 Å².